The van der Waals surface area contributed by atoms with Crippen molar-refractivity contribution in [2.24, 2.45) is 0 Å². The number of non-ortho nitro benzene ring substituents is 1. The number of nitro groups is 1. The summed E-state index contributed by atoms with van der Waals surface area (Å²) >= 11 is 6.30. The lowest BCUT2D eigenvalue weighted by Crippen LogP contribution is -2.43. The third kappa shape index (κ3) is 5.71. The Morgan fingerprint density at radius 2 is 1.97 bits per heavy atom. The monoisotopic (exact) mass is 457 g/mol. The summed E-state index contributed by atoms with van der Waals surface area (Å²) in [6.07, 6.45) is 4.38. The number of nitrogens with zero attached hydrogens (tertiary/aromatic N) is 3. The lowest BCUT2D eigenvalue weighted by Gasteiger charge is -2.14. The summed E-state index contributed by atoms with van der Waals surface area (Å²) in [5, 5.41) is 10.7. The number of nitro benzene ring substituents is 1. The second-order valence-electron chi connectivity index (χ2n) is 6.18. The van der Waals surface area contributed by atoms with Gasteiger partial charge in [-0.05, 0) is 35.9 Å². The Labute approximate surface area is 185 Å². The zero-order chi connectivity index (χ0) is 22.4. The fourth-order valence-electron chi connectivity index (χ4n) is 2.51. The first-order valence-corrected chi connectivity index (χ1v) is 10.1. The van der Waals surface area contributed by atoms with Crippen molar-refractivity contribution >= 4 is 57.8 Å². The van der Waals surface area contributed by atoms with Crippen LogP contribution in [-0.4, -0.2) is 43.4 Å². The molecule has 158 valence electrons. The number of benzene rings is 1. The summed E-state index contributed by atoms with van der Waals surface area (Å²) in [5.41, 5.74) is 5.40. The van der Waals surface area contributed by atoms with Gasteiger partial charge in [-0.15, -0.1) is 0 Å². The van der Waals surface area contributed by atoms with Crippen LogP contribution < -0.4 is 10.9 Å². The minimum atomic E-state index is -0.516. The van der Waals surface area contributed by atoms with E-state index in [0.717, 1.165) is 11.8 Å². The number of thiocarbonyl (C=S) groups is 1. The van der Waals surface area contributed by atoms with Crippen LogP contribution in [0.4, 0.5) is 5.69 Å². The molecule has 0 bridgehead atoms. The minimum Gasteiger partial charge on any atom is -0.292 e. The van der Waals surface area contributed by atoms with Crippen molar-refractivity contribution in [2.45, 2.75) is 6.42 Å². The van der Waals surface area contributed by atoms with Gasteiger partial charge in [-0.3, -0.25) is 45.2 Å². The summed E-state index contributed by atoms with van der Waals surface area (Å²) in [4.78, 5) is 52.2. The number of nitrogens with one attached hydrogen (secondary N) is 2. The SMILES string of the molecule is O=C(CCN1C(=O)/C(=C/c2ccc([N+](=O)[O-])cc2)SC1=S)NNC(=O)c1cccnc1. The molecule has 3 amide bonds. The largest absolute Gasteiger partial charge is 0.292 e. The molecule has 0 spiro atoms. The average molecular weight is 457 g/mol. The second-order valence-corrected chi connectivity index (χ2v) is 7.85. The maximum Gasteiger partial charge on any atom is 0.271 e. The number of pyridine rings is 1. The minimum absolute atomic E-state index is 0.0386. The number of amides is 3. The highest BCUT2D eigenvalue weighted by molar-refractivity contribution is 8.26. The highest BCUT2D eigenvalue weighted by Crippen LogP contribution is 2.32. The van der Waals surface area contributed by atoms with E-state index in [2.05, 4.69) is 15.8 Å². The first kappa shape index (κ1) is 22.1. The van der Waals surface area contributed by atoms with E-state index in [1.165, 1.54) is 41.6 Å². The maximum atomic E-state index is 12.6. The lowest BCUT2D eigenvalue weighted by atomic mass is 10.2. The molecule has 2 heterocycles. The normalized spacial score (nSPS) is 14.6. The Hall–Kier alpha value is -3.64. The number of carbonyl (C=O) groups excluding carboxylic acids is 3. The number of hydrogen-bond acceptors (Lipinski definition) is 8. The van der Waals surface area contributed by atoms with E-state index in [1.807, 2.05) is 0 Å². The van der Waals surface area contributed by atoms with Gasteiger partial charge in [-0.2, -0.15) is 0 Å². The molecule has 1 aliphatic heterocycles. The van der Waals surface area contributed by atoms with Gasteiger partial charge >= 0.3 is 0 Å². The molecule has 3 rings (SSSR count). The predicted octanol–water partition coefficient (Wildman–Crippen LogP) is 2.04. The fourth-order valence-corrected chi connectivity index (χ4v) is 3.82. The van der Waals surface area contributed by atoms with E-state index < -0.39 is 16.7 Å². The molecule has 0 saturated carbocycles. The van der Waals surface area contributed by atoms with E-state index in [0.29, 0.717) is 14.8 Å². The van der Waals surface area contributed by atoms with Crippen LogP contribution in [-0.2, 0) is 9.59 Å². The zero-order valence-electron chi connectivity index (χ0n) is 15.8. The molecule has 0 aliphatic carbocycles. The van der Waals surface area contributed by atoms with Gasteiger partial charge in [0.25, 0.3) is 17.5 Å². The van der Waals surface area contributed by atoms with Gasteiger partial charge in [0.05, 0.1) is 15.4 Å². The fraction of sp³-hybridized carbons (Fsp3) is 0.105. The average Bonchev–Trinajstić information content (AvgIpc) is 3.03. The van der Waals surface area contributed by atoms with Gasteiger partial charge in [-0.1, -0.05) is 24.0 Å². The second kappa shape index (κ2) is 9.91. The maximum absolute atomic E-state index is 12.6. The van der Waals surface area contributed by atoms with Gasteiger partial charge in [0.1, 0.15) is 4.32 Å². The molecule has 10 nitrogen and oxygen atoms in total. The number of thioether (sulfide) groups is 1. The van der Waals surface area contributed by atoms with E-state index in [4.69, 9.17) is 12.2 Å². The lowest BCUT2D eigenvalue weighted by molar-refractivity contribution is -0.384. The molecular weight excluding hydrogens is 442 g/mol. The Bertz CT molecular complexity index is 1070. The Kier molecular flexibility index (Phi) is 7.05. The molecule has 12 heteroatoms. The summed E-state index contributed by atoms with van der Waals surface area (Å²) in [7, 11) is 0. The number of carbonyl (C=O) groups is 3. The van der Waals surface area contributed by atoms with Crippen molar-refractivity contribution in [1.82, 2.24) is 20.7 Å². The molecule has 1 aliphatic rings. The van der Waals surface area contributed by atoms with Crippen molar-refractivity contribution in [1.29, 1.82) is 0 Å². The summed E-state index contributed by atoms with van der Waals surface area (Å²) < 4.78 is 0.297. The smallest absolute Gasteiger partial charge is 0.271 e. The van der Waals surface area contributed by atoms with E-state index in [1.54, 1.807) is 18.2 Å². The first-order chi connectivity index (χ1) is 14.8. The van der Waals surface area contributed by atoms with Gasteiger partial charge in [0.2, 0.25) is 5.91 Å². The molecule has 1 saturated heterocycles. The van der Waals surface area contributed by atoms with Crippen LogP contribution in [0.1, 0.15) is 22.3 Å². The van der Waals surface area contributed by atoms with Crippen molar-refractivity contribution in [2.75, 3.05) is 6.54 Å². The van der Waals surface area contributed by atoms with Crippen molar-refractivity contribution in [3.63, 3.8) is 0 Å². The molecular formula is C19H15N5O5S2. The highest BCUT2D eigenvalue weighted by atomic mass is 32.2. The molecule has 1 aromatic carbocycles. The van der Waals surface area contributed by atoms with Crippen LogP contribution >= 0.6 is 24.0 Å². The van der Waals surface area contributed by atoms with Crippen molar-refractivity contribution in [3.05, 3.63) is 74.9 Å². The van der Waals surface area contributed by atoms with Crippen LogP contribution in [0.15, 0.2) is 53.7 Å². The third-order valence-electron chi connectivity index (χ3n) is 4.08. The first-order valence-electron chi connectivity index (χ1n) is 8.84. The Balaban J connectivity index is 1.53. The van der Waals surface area contributed by atoms with E-state index >= 15 is 0 Å². The molecule has 1 aromatic heterocycles. The molecule has 2 aromatic rings. The molecule has 0 atom stereocenters. The van der Waals surface area contributed by atoms with Crippen LogP contribution in [0.5, 0.6) is 0 Å². The van der Waals surface area contributed by atoms with E-state index in [-0.39, 0.29) is 30.1 Å². The summed E-state index contributed by atoms with van der Waals surface area (Å²) in [6.45, 7) is 0.0386. The Morgan fingerprint density at radius 3 is 2.61 bits per heavy atom. The van der Waals surface area contributed by atoms with Gasteiger partial charge in [0, 0.05) is 37.5 Å². The quantitative estimate of drug-likeness (QED) is 0.291. The number of hydrazine groups is 1. The number of rotatable bonds is 6. The van der Waals surface area contributed by atoms with Gasteiger partial charge in [0.15, 0.2) is 0 Å². The van der Waals surface area contributed by atoms with Crippen molar-refractivity contribution in [3.8, 4) is 0 Å². The third-order valence-corrected chi connectivity index (χ3v) is 5.45. The standard InChI is InChI=1S/C19H15N5O5S2/c25-16(21-22-17(26)13-2-1-8-20-11-13)7-9-23-18(27)15(31-19(23)30)10-12-3-5-14(6-4-12)24(28)29/h1-6,8,10-11H,7,9H2,(H,21,25)(H,22,26)/b15-10-. The summed E-state index contributed by atoms with van der Waals surface area (Å²) in [6, 6.07) is 8.89. The van der Waals surface area contributed by atoms with Crippen LogP contribution in [0.25, 0.3) is 6.08 Å². The molecule has 31 heavy (non-hydrogen) atoms. The van der Waals surface area contributed by atoms with Gasteiger partial charge in [-0.25, -0.2) is 0 Å². The molecule has 1 fully saturated rings. The molecule has 0 unspecified atom stereocenters. The summed E-state index contributed by atoms with van der Waals surface area (Å²) in [5.74, 6) is -1.37. The van der Waals surface area contributed by atoms with Crippen LogP contribution in [0, 0.1) is 10.1 Å². The molecule has 2 N–H and O–H groups in total. The van der Waals surface area contributed by atoms with Crippen molar-refractivity contribution < 1.29 is 19.3 Å². The topological polar surface area (TPSA) is 135 Å². The number of hydrogen-bond donors (Lipinski definition) is 2. The van der Waals surface area contributed by atoms with Gasteiger partial charge < -0.3 is 0 Å². The predicted molar refractivity (Wildman–Crippen MR) is 117 cm³/mol. The Morgan fingerprint density at radius 1 is 1.23 bits per heavy atom. The van der Waals surface area contributed by atoms with Crippen LogP contribution in [0.2, 0.25) is 0 Å². The highest BCUT2D eigenvalue weighted by Gasteiger charge is 2.32. The molecule has 0 radical (unpaired) electrons. The zero-order valence-corrected chi connectivity index (χ0v) is 17.4. The van der Waals surface area contributed by atoms with E-state index in [9.17, 15) is 24.5 Å². The van der Waals surface area contributed by atoms with Crippen LogP contribution in [0.3, 0.4) is 0 Å². The number of aromatic nitrogens is 1.